The molecule has 6 nitrogen and oxygen atoms in total. The second kappa shape index (κ2) is 8.88. The van der Waals surface area contributed by atoms with Crippen LogP contribution in [0.2, 0.25) is 5.02 Å². The number of amides is 2. The molecule has 1 N–H and O–H groups in total. The van der Waals surface area contributed by atoms with Crippen LogP contribution in [0.5, 0.6) is 5.75 Å². The molecule has 134 valence electrons. The van der Waals surface area contributed by atoms with Crippen molar-refractivity contribution in [3.63, 3.8) is 0 Å². The van der Waals surface area contributed by atoms with Crippen molar-refractivity contribution < 1.29 is 14.3 Å². The van der Waals surface area contributed by atoms with Gasteiger partial charge in [-0.2, -0.15) is 5.26 Å². The lowest BCUT2D eigenvalue weighted by molar-refractivity contribution is -0.117. The molecule has 0 heterocycles. The van der Waals surface area contributed by atoms with Crippen LogP contribution in [0.4, 0.5) is 11.4 Å². The van der Waals surface area contributed by atoms with Crippen LogP contribution in [-0.2, 0) is 9.59 Å². The topological polar surface area (TPSA) is 82.4 Å². The van der Waals surface area contributed by atoms with Crippen molar-refractivity contribution in [3.05, 3.63) is 53.1 Å². The number of hydrogen-bond donors (Lipinski definition) is 1. The van der Waals surface area contributed by atoms with E-state index in [1.165, 1.54) is 18.9 Å². The molecule has 2 rings (SSSR count). The Labute approximate surface area is 156 Å². The monoisotopic (exact) mass is 371 g/mol. The van der Waals surface area contributed by atoms with E-state index in [4.69, 9.17) is 21.6 Å². The summed E-state index contributed by atoms with van der Waals surface area (Å²) in [6, 6.07) is 13.6. The number of nitrogens with zero attached hydrogens (tertiary/aromatic N) is 2. The number of ether oxygens (including phenoxy) is 1. The summed E-state index contributed by atoms with van der Waals surface area (Å²) in [7, 11) is 1.50. The number of halogens is 1. The molecule has 0 fully saturated rings. The van der Waals surface area contributed by atoms with Crippen LogP contribution in [0.25, 0.3) is 0 Å². The second-order valence-corrected chi connectivity index (χ2v) is 5.91. The van der Waals surface area contributed by atoms with Gasteiger partial charge in [0.05, 0.1) is 24.4 Å². The molecule has 0 radical (unpaired) electrons. The largest absolute Gasteiger partial charge is 0.495 e. The van der Waals surface area contributed by atoms with Crippen LogP contribution >= 0.6 is 11.6 Å². The first-order valence-electron chi connectivity index (χ1n) is 7.86. The van der Waals surface area contributed by atoms with Crippen LogP contribution in [-0.4, -0.2) is 25.5 Å². The van der Waals surface area contributed by atoms with Gasteiger partial charge in [0, 0.05) is 30.6 Å². The zero-order chi connectivity index (χ0) is 19.1. The molecule has 0 spiro atoms. The lowest BCUT2D eigenvalue weighted by atomic mass is 10.2. The van der Waals surface area contributed by atoms with Crippen LogP contribution in [0.3, 0.4) is 0 Å². The predicted molar refractivity (Wildman–Crippen MR) is 100 cm³/mol. The van der Waals surface area contributed by atoms with Crippen molar-refractivity contribution >= 4 is 34.8 Å². The van der Waals surface area contributed by atoms with Gasteiger partial charge in [-0.25, -0.2) is 0 Å². The maximum Gasteiger partial charge on any atom is 0.226 e. The van der Waals surface area contributed by atoms with E-state index in [1.807, 2.05) is 6.07 Å². The van der Waals surface area contributed by atoms with E-state index in [2.05, 4.69) is 5.32 Å². The number of benzene rings is 2. The molecule has 0 saturated carbocycles. The number of methoxy groups -OCH3 is 1. The Hall–Kier alpha value is -3.04. The molecule has 0 atom stereocenters. The van der Waals surface area contributed by atoms with Crippen LogP contribution in [0.15, 0.2) is 42.5 Å². The van der Waals surface area contributed by atoms with Gasteiger partial charge < -0.3 is 15.0 Å². The highest BCUT2D eigenvalue weighted by molar-refractivity contribution is 6.31. The van der Waals surface area contributed by atoms with Crippen LogP contribution in [0, 0.1) is 11.3 Å². The number of nitriles is 1. The van der Waals surface area contributed by atoms with Gasteiger partial charge in [0.2, 0.25) is 11.8 Å². The Bertz CT molecular complexity index is 861. The SMILES string of the molecule is COc1ccc(Cl)cc1N(CCC(=O)Nc1cccc(C#N)c1)C(C)=O. The summed E-state index contributed by atoms with van der Waals surface area (Å²) in [5.41, 5.74) is 1.49. The molecular weight excluding hydrogens is 354 g/mol. The Balaban J connectivity index is 2.09. The van der Waals surface area contributed by atoms with Gasteiger partial charge >= 0.3 is 0 Å². The third-order valence-electron chi connectivity index (χ3n) is 3.65. The second-order valence-electron chi connectivity index (χ2n) is 5.48. The van der Waals surface area contributed by atoms with Gasteiger partial charge in [-0.3, -0.25) is 9.59 Å². The average molecular weight is 372 g/mol. The summed E-state index contributed by atoms with van der Waals surface area (Å²) in [4.78, 5) is 25.7. The highest BCUT2D eigenvalue weighted by atomic mass is 35.5. The van der Waals surface area contributed by atoms with Gasteiger partial charge in [0.15, 0.2) is 0 Å². The third kappa shape index (κ3) is 4.98. The van der Waals surface area contributed by atoms with Crippen molar-refractivity contribution in [3.8, 4) is 11.8 Å². The van der Waals surface area contributed by atoms with Gasteiger partial charge in [-0.15, -0.1) is 0 Å². The number of anilines is 2. The quantitative estimate of drug-likeness (QED) is 0.840. The predicted octanol–water partition coefficient (Wildman–Crippen LogP) is 3.60. The minimum Gasteiger partial charge on any atom is -0.495 e. The molecule has 2 amide bonds. The normalized spacial score (nSPS) is 9.92. The highest BCUT2D eigenvalue weighted by Crippen LogP contribution is 2.31. The Morgan fingerprint density at radius 1 is 1.27 bits per heavy atom. The first kappa shape index (κ1) is 19.3. The fraction of sp³-hybridized carbons (Fsp3) is 0.211. The molecule has 0 saturated heterocycles. The van der Waals surface area contributed by atoms with E-state index in [1.54, 1.807) is 42.5 Å². The van der Waals surface area contributed by atoms with Crippen molar-refractivity contribution in [2.24, 2.45) is 0 Å². The molecule has 2 aromatic rings. The maximum absolute atomic E-state index is 12.2. The summed E-state index contributed by atoms with van der Waals surface area (Å²) in [6.45, 7) is 1.57. The molecule has 7 heteroatoms. The molecule has 26 heavy (non-hydrogen) atoms. The minimum atomic E-state index is -0.271. The lowest BCUT2D eigenvalue weighted by Gasteiger charge is -2.23. The van der Waals surface area contributed by atoms with Crippen molar-refractivity contribution in [1.29, 1.82) is 5.26 Å². The van der Waals surface area contributed by atoms with Gasteiger partial charge in [0.1, 0.15) is 5.75 Å². The summed E-state index contributed by atoms with van der Waals surface area (Å²) in [5.74, 6) is -0.0103. The zero-order valence-electron chi connectivity index (χ0n) is 14.5. The summed E-state index contributed by atoms with van der Waals surface area (Å²) in [5, 5.41) is 12.1. The number of hydrogen-bond acceptors (Lipinski definition) is 4. The van der Waals surface area contributed by atoms with Crippen LogP contribution in [0.1, 0.15) is 18.9 Å². The van der Waals surface area contributed by atoms with E-state index in [9.17, 15) is 9.59 Å². The van der Waals surface area contributed by atoms with Gasteiger partial charge in [-0.05, 0) is 36.4 Å². The first-order chi connectivity index (χ1) is 12.4. The number of rotatable bonds is 6. The molecule has 2 aromatic carbocycles. The van der Waals surface area contributed by atoms with Crippen molar-refractivity contribution in [1.82, 2.24) is 0 Å². The van der Waals surface area contributed by atoms with E-state index in [-0.39, 0.29) is 24.8 Å². The fourth-order valence-corrected chi connectivity index (χ4v) is 2.59. The van der Waals surface area contributed by atoms with Crippen molar-refractivity contribution in [2.75, 3.05) is 23.9 Å². The van der Waals surface area contributed by atoms with Crippen LogP contribution < -0.4 is 15.0 Å². The Morgan fingerprint density at radius 3 is 2.69 bits per heavy atom. The average Bonchev–Trinajstić information content (AvgIpc) is 2.62. The fourth-order valence-electron chi connectivity index (χ4n) is 2.42. The molecular formula is C19H18ClN3O3. The van der Waals surface area contributed by atoms with E-state index < -0.39 is 0 Å². The minimum absolute atomic E-state index is 0.0754. The highest BCUT2D eigenvalue weighted by Gasteiger charge is 2.18. The number of nitrogens with one attached hydrogen (secondary N) is 1. The smallest absolute Gasteiger partial charge is 0.226 e. The lowest BCUT2D eigenvalue weighted by Crippen LogP contribution is -2.32. The third-order valence-corrected chi connectivity index (χ3v) is 3.88. The number of carbonyl (C=O) groups is 2. The number of carbonyl (C=O) groups excluding carboxylic acids is 2. The van der Waals surface area contributed by atoms with E-state index >= 15 is 0 Å². The zero-order valence-corrected chi connectivity index (χ0v) is 15.2. The molecule has 0 aliphatic carbocycles. The summed E-state index contributed by atoms with van der Waals surface area (Å²) < 4.78 is 5.28. The molecule has 0 aliphatic rings. The van der Waals surface area contributed by atoms with E-state index in [0.717, 1.165) is 0 Å². The molecule has 0 bridgehead atoms. The standard InChI is InChI=1S/C19H18ClN3O3/c1-13(24)23(17-11-15(20)6-7-18(17)26-2)9-8-19(25)22-16-5-3-4-14(10-16)12-21/h3-7,10-11H,8-9H2,1-2H3,(H,22,25). The van der Waals surface area contributed by atoms with Gasteiger partial charge in [0.25, 0.3) is 0 Å². The summed E-state index contributed by atoms with van der Waals surface area (Å²) in [6.07, 6.45) is 0.0754. The maximum atomic E-state index is 12.2. The Morgan fingerprint density at radius 2 is 2.04 bits per heavy atom. The molecule has 0 aromatic heterocycles. The molecule has 0 aliphatic heterocycles. The Kier molecular flexibility index (Phi) is 6.59. The summed E-state index contributed by atoms with van der Waals surface area (Å²) >= 11 is 6.02. The van der Waals surface area contributed by atoms with Gasteiger partial charge in [-0.1, -0.05) is 17.7 Å². The first-order valence-corrected chi connectivity index (χ1v) is 8.24. The molecule has 0 unspecified atom stereocenters. The van der Waals surface area contributed by atoms with E-state index in [0.29, 0.717) is 27.7 Å². The van der Waals surface area contributed by atoms with Crippen molar-refractivity contribution in [2.45, 2.75) is 13.3 Å².